The Hall–Kier alpha value is -0.860. The van der Waals surface area contributed by atoms with E-state index in [2.05, 4.69) is 70.4 Å². The molecule has 0 aromatic heterocycles. The molecule has 0 aromatic carbocycles. The molecule has 0 saturated heterocycles. The molecule has 2 nitrogen and oxygen atoms in total. The minimum Gasteiger partial charge on any atom is -0.309 e. The molecule has 0 unspecified atom stereocenters. The molecule has 0 aliphatic heterocycles. The average Bonchev–Trinajstić information content (AvgIpc) is 2.32. The fourth-order valence-corrected chi connectivity index (χ4v) is 2.15. The van der Waals surface area contributed by atoms with Crippen molar-refractivity contribution in [2.75, 3.05) is 40.8 Å². The van der Waals surface area contributed by atoms with Gasteiger partial charge in [-0.1, -0.05) is 38.7 Å². The summed E-state index contributed by atoms with van der Waals surface area (Å²) < 4.78 is 0. The van der Waals surface area contributed by atoms with E-state index >= 15 is 0 Å². The van der Waals surface area contributed by atoms with Crippen LogP contribution in [0, 0.1) is 5.92 Å². The van der Waals surface area contributed by atoms with Gasteiger partial charge >= 0.3 is 0 Å². The van der Waals surface area contributed by atoms with Crippen molar-refractivity contribution in [2.45, 2.75) is 27.2 Å². The highest BCUT2D eigenvalue weighted by atomic mass is 15.1. The summed E-state index contributed by atoms with van der Waals surface area (Å²) in [6, 6.07) is 0. The Labute approximate surface area is 120 Å². The molecule has 0 bridgehead atoms. The van der Waals surface area contributed by atoms with Crippen LogP contribution in [0.25, 0.3) is 0 Å². The van der Waals surface area contributed by atoms with Gasteiger partial charge in [-0.2, -0.15) is 0 Å². The largest absolute Gasteiger partial charge is 0.309 e. The van der Waals surface area contributed by atoms with E-state index in [4.69, 9.17) is 0 Å². The second-order valence-corrected chi connectivity index (χ2v) is 5.73. The minimum absolute atomic E-state index is 0.541. The molecule has 0 radical (unpaired) electrons. The van der Waals surface area contributed by atoms with Crippen molar-refractivity contribution in [3.63, 3.8) is 0 Å². The topological polar surface area (TPSA) is 6.48 Å². The molecular formula is C17H32N2. The lowest BCUT2D eigenvalue weighted by Crippen LogP contribution is -2.26. The summed E-state index contributed by atoms with van der Waals surface area (Å²) in [5.41, 5.74) is 2.75. The van der Waals surface area contributed by atoms with E-state index in [0.29, 0.717) is 5.92 Å². The van der Waals surface area contributed by atoms with Gasteiger partial charge in [0.2, 0.25) is 0 Å². The molecule has 2 heteroatoms. The van der Waals surface area contributed by atoms with Crippen molar-refractivity contribution in [3.05, 3.63) is 36.0 Å². The van der Waals surface area contributed by atoms with Crippen LogP contribution >= 0.6 is 0 Å². The summed E-state index contributed by atoms with van der Waals surface area (Å²) in [4.78, 5) is 4.61. The predicted molar refractivity (Wildman–Crippen MR) is 87.5 cm³/mol. The summed E-state index contributed by atoms with van der Waals surface area (Å²) in [6.45, 7) is 13.8. The fraction of sp³-hybridized carbons (Fsp3) is 0.647. The van der Waals surface area contributed by atoms with Crippen LogP contribution in [0.5, 0.6) is 0 Å². The van der Waals surface area contributed by atoms with Gasteiger partial charge in [-0.05, 0) is 64.6 Å². The van der Waals surface area contributed by atoms with Gasteiger partial charge in [-0.15, -0.1) is 0 Å². The van der Waals surface area contributed by atoms with E-state index < -0.39 is 0 Å². The van der Waals surface area contributed by atoms with Gasteiger partial charge in [0.1, 0.15) is 0 Å². The van der Waals surface area contributed by atoms with Crippen molar-refractivity contribution in [1.82, 2.24) is 9.80 Å². The summed E-state index contributed by atoms with van der Waals surface area (Å²) in [5, 5.41) is 0. The molecule has 19 heavy (non-hydrogen) atoms. The van der Waals surface area contributed by atoms with E-state index in [-0.39, 0.29) is 0 Å². The molecule has 0 fully saturated rings. The maximum atomic E-state index is 3.98. The zero-order valence-electron chi connectivity index (χ0n) is 13.7. The molecule has 0 heterocycles. The lowest BCUT2D eigenvalue weighted by molar-refractivity contribution is 0.318. The third-order valence-corrected chi connectivity index (χ3v) is 3.17. The van der Waals surface area contributed by atoms with E-state index in [1.165, 1.54) is 17.6 Å². The quantitative estimate of drug-likeness (QED) is 0.587. The maximum absolute atomic E-state index is 3.98. The predicted octanol–water partition coefficient (Wildman–Crippen LogP) is 3.58. The van der Waals surface area contributed by atoms with E-state index in [1.807, 2.05) is 6.08 Å². The molecule has 0 N–H and O–H groups in total. The average molecular weight is 264 g/mol. The minimum atomic E-state index is 0.541. The van der Waals surface area contributed by atoms with Crippen molar-refractivity contribution < 1.29 is 0 Å². The lowest BCUT2D eigenvalue weighted by Gasteiger charge is -2.21. The van der Waals surface area contributed by atoms with E-state index in [0.717, 1.165) is 19.6 Å². The third kappa shape index (κ3) is 8.02. The van der Waals surface area contributed by atoms with Crippen molar-refractivity contribution >= 4 is 0 Å². The maximum Gasteiger partial charge on any atom is 0.0233 e. The van der Waals surface area contributed by atoms with Crippen molar-refractivity contribution in [2.24, 2.45) is 5.92 Å². The second kappa shape index (κ2) is 9.99. The summed E-state index contributed by atoms with van der Waals surface area (Å²) in [5.74, 6) is 0.541. The van der Waals surface area contributed by atoms with Gasteiger partial charge < -0.3 is 9.80 Å². The van der Waals surface area contributed by atoms with Crippen molar-refractivity contribution in [3.8, 4) is 0 Å². The van der Waals surface area contributed by atoms with Gasteiger partial charge in [0, 0.05) is 6.54 Å². The number of likely N-dealkylation sites (N-methyl/N-ethyl adjacent to an activating group) is 1. The molecule has 0 aliphatic carbocycles. The highest BCUT2D eigenvalue weighted by Crippen LogP contribution is 2.18. The normalized spacial score (nSPS) is 13.7. The summed E-state index contributed by atoms with van der Waals surface area (Å²) >= 11 is 0. The van der Waals surface area contributed by atoms with Crippen LogP contribution in [0.2, 0.25) is 0 Å². The zero-order chi connectivity index (χ0) is 14.8. The zero-order valence-corrected chi connectivity index (χ0v) is 13.7. The molecule has 0 aromatic rings. The Kier molecular flexibility index (Phi) is 9.54. The Morgan fingerprint density at radius 1 is 1.16 bits per heavy atom. The van der Waals surface area contributed by atoms with Gasteiger partial charge in [0.05, 0.1) is 0 Å². The molecule has 0 aliphatic rings. The number of nitrogens with zero attached hydrogens (tertiary/aromatic N) is 2. The van der Waals surface area contributed by atoms with Crippen LogP contribution in [0.3, 0.4) is 0 Å². The van der Waals surface area contributed by atoms with Crippen LogP contribution in [-0.2, 0) is 0 Å². The summed E-state index contributed by atoms with van der Waals surface area (Å²) in [6.07, 6.45) is 7.55. The van der Waals surface area contributed by atoms with Crippen LogP contribution in [0.4, 0.5) is 0 Å². The Balaban J connectivity index is 4.60. The Bertz CT molecular complexity index is 311. The fourth-order valence-electron chi connectivity index (χ4n) is 2.15. The Morgan fingerprint density at radius 2 is 1.79 bits per heavy atom. The first kappa shape index (κ1) is 18.1. The number of hydrogen-bond donors (Lipinski definition) is 0. The number of rotatable bonds is 9. The molecular weight excluding hydrogens is 232 g/mol. The molecule has 0 spiro atoms. The highest BCUT2D eigenvalue weighted by Gasteiger charge is 2.08. The number of hydrogen-bond acceptors (Lipinski definition) is 2. The van der Waals surface area contributed by atoms with E-state index in [1.54, 1.807) is 0 Å². The molecule has 0 saturated carbocycles. The van der Waals surface area contributed by atoms with Crippen LogP contribution in [0.1, 0.15) is 27.2 Å². The summed E-state index contributed by atoms with van der Waals surface area (Å²) in [7, 11) is 6.43. The number of allylic oxidation sites excluding steroid dienone is 3. The monoisotopic (exact) mass is 264 g/mol. The third-order valence-electron chi connectivity index (χ3n) is 3.17. The lowest BCUT2D eigenvalue weighted by atomic mass is 9.96. The Morgan fingerprint density at radius 3 is 2.21 bits per heavy atom. The van der Waals surface area contributed by atoms with Crippen LogP contribution < -0.4 is 0 Å². The van der Waals surface area contributed by atoms with E-state index in [9.17, 15) is 0 Å². The first-order chi connectivity index (χ1) is 8.92. The highest BCUT2D eigenvalue weighted by molar-refractivity contribution is 5.34. The first-order valence-corrected chi connectivity index (χ1v) is 7.23. The van der Waals surface area contributed by atoms with Crippen molar-refractivity contribution in [1.29, 1.82) is 0 Å². The smallest absolute Gasteiger partial charge is 0.0233 e. The molecule has 0 amide bonds. The standard InChI is InChI=1S/C17H32N2/c1-8-11-17(15(3)4)16(9-2)14-19(7)13-10-12-18(5)6/h8-9,11,15H,2,10,12-14H2,1,3-7H3/b11-8-,17-16-. The van der Waals surface area contributed by atoms with Crippen LogP contribution in [-0.4, -0.2) is 50.6 Å². The SMILES string of the molecule is C=C/C(CN(C)CCCN(C)C)=C(\C=C/C)C(C)C. The van der Waals surface area contributed by atoms with Gasteiger partial charge in [-0.3, -0.25) is 0 Å². The molecule has 0 rings (SSSR count). The van der Waals surface area contributed by atoms with Crippen LogP contribution in [0.15, 0.2) is 36.0 Å². The first-order valence-electron chi connectivity index (χ1n) is 7.23. The second-order valence-electron chi connectivity index (χ2n) is 5.73. The molecule has 0 atom stereocenters. The van der Waals surface area contributed by atoms with Gasteiger partial charge in [0.25, 0.3) is 0 Å². The van der Waals surface area contributed by atoms with Gasteiger partial charge in [0.15, 0.2) is 0 Å². The van der Waals surface area contributed by atoms with Gasteiger partial charge in [-0.25, -0.2) is 0 Å². The molecule has 110 valence electrons.